The zero-order valence-electron chi connectivity index (χ0n) is 13.7. The molecule has 0 aromatic heterocycles. The van der Waals surface area contributed by atoms with Crippen LogP contribution in [0.1, 0.15) is 47.2 Å². The van der Waals surface area contributed by atoms with Crippen molar-refractivity contribution in [1.29, 1.82) is 0 Å². The minimum atomic E-state index is -3.36. The van der Waals surface area contributed by atoms with Crippen molar-refractivity contribution < 1.29 is 8.42 Å². The summed E-state index contributed by atoms with van der Waals surface area (Å²) in [7, 11) is -3.36. The van der Waals surface area contributed by atoms with E-state index in [0.29, 0.717) is 0 Å². The maximum atomic E-state index is 12.4. The van der Waals surface area contributed by atoms with E-state index in [9.17, 15) is 8.42 Å². The summed E-state index contributed by atoms with van der Waals surface area (Å²) in [6, 6.07) is 13.7. The third-order valence-corrected chi connectivity index (χ3v) is 5.88. The first kappa shape index (κ1) is 16.2. The summed E-state index contributed by atoms with van der Waals surface area (Å²) in [6.07, 6.45) is 3.45. The number of nitrogens with one attached hydrogen (secondary N) is 1. The normalized spacial score (nSPS) is 15.4. The Kier molecular flexibility index (Phi) is 4.55. The number of fused-ring (bicyclic) bond motifs is 1. The molecule has 0 saturated carbocycles. The van der Waals surface area contributed by atoms with Gasteiger partial charge in [0, 0.05) is 6.04 Å². The van der Waals surface area contributed by atoms with E-state index in [-0.39, 0.29) is 11.8 Å². The van der Waals surface area contributed by atoms with Gasteiger partial charge >= 0.3 is 0 Å². The zero-order chi connectivity index (χ0) is 16.4. The molecule has 1 aliphatic rings. The van der Waals surface area contributed by atoms with Crippen LogP contribution in [0.2, 0.25) is 0 Å². The van der Waals surface area contributed by atoms with Gasteiger partial charge in [0.25, 0.3) is 0 Å². The molecule has 0 amide bonds. The molecule has 3 rings (SSSR count). The van der Waals surface area contributed by atoms with Crippen molar-refractivity contribution in [3.63, 3.8) is 0 Å². The van der Waals surface area contributed by atoms with Gasteiger partial charge in [-0.1, -0.05) is 48.0 Å². The second kappa shape index (κ2) is 6.46. The molecule has 0 aliphatic heterocycles. The molecular weight excluding hydrogens is 306 g/mol. The molecule has 0 spiro atoms. The number of aryl methyl sites for hydroxylation is 3. The fourth-order valence-corrected chi connectivity index (χ4v) is 4.53. The van der Waals surface area contributed by atoms with Crippen molar-refractivity contribution in [2.45, 2.75) is 44.9 Å². The van der Waals surface area contributed by atoms with E-state index in [1.807, 2.05) is 44.2 Å². The number of rotatable bonds is 5. The molecule has 1 N–H and O–H groups in total. The Morgan fingerprint density at radius 1 is 1.04 bits per heavy atom. The van der Waals surface area contributed by atoms with Crippen molar-refractivity contribution in [3.05, 3.63) is 70.3 Å². The van der Waals surface area contributed by atoms with Crippen LogP contribution < -0.4 is 4.72 Å². The first-order valence-corrected chi connectivity index (χ1v) is 9.75. The molecule has 4 heteroatoms. The van der Waals surface area contributed by atoms with Crippen molar-refractivity contribution in [1.82, 2.24) is 4.72 Å². The summed E-state index contributed by atoms with van der Waals surface area (Å²) in [6.45, 7) is 3.90. The highest BCUT2D eigenvalue weighted by atomic mass is 32.2. The van der Waals surface area contributed by atoms with E-state index in [2.05, 4.69) is 16.9 Å². The molecule has 0 bridgehead atoms. The predicted molar refractivity (Wildman–Crippen MR) is 93.8 cm³/mol. The monoisotopic (exact) mass is 329 g/mol. The Morgan fingerprint density at radius 3 is 2.48 bits per heavy atom. The van der Waals surface area contributed by atoms with Crippen LogP contribution in [0.4, 0.5) is 0 Å². The molecule has 1 aliphatic carbocycles. The Labute approximate surface area is 138 Å². The van der Waals surface area contributed by atoms with Gasteiger partial charge in [-0.15, -0.1) is 0 Å². The Bertz CT molecular complexity index is 795. The lowest BCUT2D eigenvalue weighted by Gasteiger charge is -2.16. The van der Waals surface area contributed by atoms with Gasteiger partial charge in [-0.25, -0.2) is 13.1 Å². The van der Waals surface area contributed by atoms with Gasteiger partial charge in [-0.3, -0.25) is 0 Å². The summed E-state index contributed by atoms with van der Waals surface area (Å²) in [5.74, 6) is 0.0164. The van der Waals surface area contributed by atoms with Gasteiger partial charge in [-0.2, -0.15) is 0 Å². The van der Waals surface area contributed by atoms with Crippen LogP contribution in [0.15, 0.2) is 42.5 Å². The molecule has 0 saturated heterocycles. The minimum Gasteiger partial charge on any atom is -0.212 e. The largest absolute Gasteiger partial charge is 0.216 e. The van der Waals surface area contributed by atoms with E-state index in [4.69, 9.17) is 0 Å². The van der Waals surface area contributed by atoms with Crippen LogP contribution in [0, 0.1) is 6.92 Å². The van der Waals surface area contributed by atoms with Crippen molar-refractivity contribution >= 4 is 10.0 Å². The Balaban J connectivity index is 1.70. The average Bonchev–Trinajstić information content (AvgIpc) is 2.96. The van der Waals surface area contributed by atoms with Gasteiger partial charge in [0.15, 0.2) is 0 Å². The molecule has 0 radical (unpaired) electrons. The topological polar surface area (TPSA) is 46.2 Å². The van der Waals surface area contributed by atoms with E-state index >= 15 is 0 Å². The summed E-state index contributed by atoms with van der Waals surface area (Å²) >= 11 is 0. The SMILES string of the molecule is Cc1ccc(CS(=O)(=O)NC(C)c2ccc3c(c2)CCC3)cc1. The van der Waals surface area contributed by atoms with Gasteiger partial charge in [-0.05, 0) is 55.4 Å². The molecule has 2 aromatic rings. The third-order valence-electron chi connectivity index (χ3n) is 4.46. The highest BCUT2D eigenvalue weighted by Crippen LogP contribution is 2.25. The molecule has 23 heavy (non-hydrogen) atoms. The first-order chi connectivity index (χ1) is 10.9. The lowest BCUT2D eigenvalue weighted by molar-refractivity contribution is 0.566. The average molecular weight is 329 g/mol. The second-order valence-electron chi connectivity index (χ2n) is 6.47. The summed E-state index contributed by atoms with van der Waals surface area (Å²) in [5, 5.41) is 0. The first-order valence-electron chi connectivity index (χ1n) is 8.10. The highest BCUT2D eigenvalue weighted by molar-refractivity contribution is 7.88. The van der Waals surface area contributed by atoms with E-state index in [1.54, 1.807) is 0 Å². The quantitative estimate of drug-likeness (QED) is 0.910. The van der Waals surface area contributed by atoms with Gasteiger partial charge in [0.05, 0.1) is 5.75 Å². The molecule has 1 atom stereocenters. The predicted octanol–water partition coefficient (Wildman–Crippen LogP) is 3.66. The molecule has 122 valence electrons. The van der Waals surface area contributed by atoms with E-state index in [0.717, 1.165) is 29.5 Å². The van der Waals surface area contributed by atoms with Crippen LogP contribution in [0.3, 0.4) is 0 Å². The third kappa shape index (κ3) is 4.01. The summed E-state index contributed by atoms with van der Waals surface area (Å²) in [5.41, 5.74) is 5.75. The molecule has 0 heterocycles. The molecule has 3 nitrogen and oxygen atoms in total. The summed E-state index contributed by atoms with van der Waals surface area (Å²) < 4.78 is 27.6. The number of sulfonamides is 1. The van der Waals surface area contributed by atoms with Crippen molar-refractivity contribution in [2.75, 3.05) is 0 Å². The maximum Gasteiger partial charge on any atom is 0.216 e. The smallest absolute Gasteiger partial charge is 0.212 e. The number of hydrogen-bond donors (Lipinski definition) is 1. The van der Waals surface area contributed by atoms with Crippen molar-refractivity contribution in [2.24, 2.45) is 0 Å². The number of hydrogen-bond acceptors (Lipinski definition) is 2. The van der Waals surface area contributed by atoms with Crippen LogP contribution in [0.5, 0.6) is 0 Å². The Hall–Kier alpha value is -1.65. The molecular formula is C19H23NO2S. The van der Waals surface area contributed by atoms with Crippen LogP contribution >= 0.6 is 0 Å². The number of benzene rings is 2. The fourth-order valence-electron chi connectivity index (χ4n) is 3.14. The Morgan fingerprint density at radius 2 is 1.74 bits per heavy atom. The fraction of sp³-hybridized carbons (Fsp3) is 0.368. The van der Waals surface area contributed by atoms with E-state index < -0.39 is 10.0 Å². The lowest BCUT2D eigenvalue weighted by atomic mass is 10.0. The highest BCUT2D eigenvalue weighted by Gasteiger charge is 2.18. The second-order valence-corrected chi connectivity index (χ2v) is 8.22. The molecule has 0 fully saturated rings. The van der Waals surface area contributed by atoms with Crippen molar-refractivity contribution in [3.8, 4) is 0 Å². The molecule has 2 aromatic carbocycles. The standard InChI is InChI=1S/C19H23NO2S/c1-14-6-8-16(9-7-14)13-23(21,22)20-15(2)18-11-10-17-4-3-5-19(17)12-18/h6-12,15,20H,3-5,13H2,1-2H3. The van der Waals surface area contributed by atoms with Gasteiger partial charge in [0.1, 0.15) is 0 Å². The summed E-state index contributed by atoms with van der Waals surface area (Å²) in [4.78, 5) is 0. The van der Waals surface area contributed by atoms with Gasteiger partial charge < -0.3 is 0 Å². The van der Waals surface area contributed by atoms with Crippen LogP contribution in [-0.4, -0.2) is 8.42 Å². The van der Waals surface area contributed by atoms with Gasteiger partial charge in [0.2, 0.25) is 10.0 Å². The van der Waals surface area contributed by atoms with E-state index in [1.165, 1.54) is 17.5 Å². The van der Waals surface area contributed by atoms with Crippen LogP contribution in [-0.2, 0) is 28.6 Å². The zero-order valence-corrected chi connectivity index (χ0v) is 14.5. The minimum absolute atomic E-state index is 0.0164. The molecule has 1 unspecified atom stereocenters. The maximum absolute atomic E-state index is 12.4. The van der Waals surface area contributed by atoms with Crippen LogP contribution in [0.25, 0.3) is 0 Å². The lowest BCUT2D eigenvalue weighted by Crippen LogP contribution is -2.28.